The number of nitrogens with one attached hydrogen (secondary N) is 1. The topological polar surface area (TPSA) is 29.1 Å². The van der Waals surface area contributed by atoms with Gasteiger partial charge in [0.2, 0.25) is 0 Å². The number of hydrogen-bond acceptors (Lipinski definition) is 1. The Bertz CT molecular complexity index is 518. The fourth-order valence-corrected chi connectivity index (χ4v) is 3.50. The van der Waals surface area contributed by atoms with E-state index in [4.69, 9.17) is 0 Å². The van der Waals surface area contributed by atoms with Gasteiger partial charge in [-0.2, -0.15) is 0 Å². The van der Waals surface area contributed by atoms with Crippen LogP contribution in [0, 0.1) is 23.6 Å². The highest BCUT2D eigenvalue weighted by Gasteiger charge is 2.31. The molecule has 3 atom stereocenters. The molecule has 21 heavy (non-hydrogen) atoms. The molecule has 0 aliphatic heterocycles. The third-order valence-corrected chi connectivity index (χ3v) is 5.16. The lowest BCUT2D eigenvalue weighted by molar-refractivity contribution is 0.0867. The lowest BCUT2D eigenvalue weighted by atomic mass is 9.74. The highest BCUT2D eigenvalue weighted by atomic mass is 79.9. The SMILES string of the molecule is CC1CCC(C(C)C)C(NC(=O)c2ccc(Br)c(F)c2)C1. The molecule has 0 radical (unpaired) electrons. The van der Waals surface area contributed by atoms with Crippen molar-refractivity contribution in [3.63, 3.8) is 0 Å². The second kappa shape index (κ2) is 6.91. The van der Waals surface area contributed by atoms with Gasteiger partial charge in [0.25, 0.3) is 5.91 Å². The zero-order valence-corrected chi connectivity index (χ0v) is 14.4. The lowest BCUT2D eigenvalue weighted by Gasteiger charge is -2.37. The van der Waals surface area contributed by atoms with Gasteiger partial charge in [-0.3, -0.25) is 4.79 Å². The van der Waals surface area contributed by atoms with E-state index in [1.807, 2.05) is 0 Å². The van der Waals surface area contributed by atoms with Crippen LogP contribution in [0.25, 0.3) is 0 Å². The smallest absolute Gasteiger partial charge is 0.251 e. The van der Waals surface area contributed by atoms with Crippen molar-refractivity contribution >= 4 is 21.8 Å². The molecule has 1 saturated carbocycles. The fraction of sp³-hybridized carbons (Fsp3) is 0.588. The van der Waals surface area contributed by atoms with Gasteiger partial charge in [-0.15, -0.1) is 0 Å². The molecule has 1 amide bonds. The summed E-state index contributed by atoms with van der Waals surface area (Å²) in [6, 6.07) is 4.70. The Hall–Kier alpha value is -0.900. The van der Waals surface area contributed by atoms with Crippen LogP contribution in [0.5, 0.6) is 0 Å². The predicted molar refractivity (Wildman–Crippen MR) is 86.7 cm³/mol. The molecule has 1 aliphatic rings. The molecule has 2 nitrogen and oxygen atoms in total. The maximum absolute atomic E-state index is 13.6. The minimum Gasteiger partial charge on any atom is -0.349 e. The van der Waals surface area contributed by atoms with Gasteiger partial charge < -0.3 is 5.32 Å². The molecule has 1 aromatic rings. The Kier molecular flexibility index (Phi) is 5.42. The Morgan fingerprint density at radius 3 is 2.71 bits per heavy atom. The molecule has 3 unspecified atom stereocenters. The third kappa shape index (κ3) is 4.06. The number of rotatable bonds is 3. The van der Waals surface area contributed by atoms with Crippen LogP contribution in [0.1, 0.15) is 50.4 Å². The van der Waals surface area contributed by atoms with Crippen molar-refractivity contribution in [2.75, 3.05) is 0 Å². The zero-order valence-electron chi connectivity index (χ0n) is 12.8. The van der Waals surface area contributed by atoms with E-state index in [9.17, 15) is 9.18 Å². The van der Waals surface area contributed by atoms with E-state index in [0.29, 0.717) is 27.8 Å². The Morgan fingerprint density at radius 2 is 2.10 bits per heavy atom. The monoisotopic (exact) mass is 355 g/mol. The van der Waals surface area contributed by atoms with Crippen LogP contribution in [0.2, 0.25) is 0 Å². The molecule has 0 aromatic heterocycles. The second-order valence-electron chi connectivity index (χ2n) is 6.53. The van der Waals surface area contributed by atoms with E-state index >= 15 is 0 Å². The average Bonchev–Trinajstić information content (AvgIpc) is 2.41. The first-order valence-electron chi connectivity index (χ1n) is 7.64. The van der Waals surface area contributed by atoms with Gasteiger partial charge in [-0.1, -0.05) is 27.2 Å². The van der Waals surface area contributed by atoms with Gasteiger partial charge >= 0.3 is 0 Å². The second-order valence-corrected chi connectivity index (χ2v) is 7.39. The molecule has 116 valence electrons. The predicted octanol–water partition coefficient (Wildman–Crippen LogP) is 4.78. The highest BCUT2D eigenvalue weighted by Crippen LogP contribution is 2.33. The van der Waals surface area contributed by atoms with E-state index in [1.54, 1.807) is 12.1 Å². The van der Waals surface area contributed by atoms with E-state index in [-0.39, 0.29) is 11.9 Å². The van der Waals surface area contributed by atoms with Crippen molar-refractivity contribution in [1.82, 2.24) is 5.32 Å². The summed E-state index contributed by atoms with van der Waals surface area (Å²) < 4.78 is 13.9. The molecular formula is C17H23BrFNO. The van der Waals surface area contributed by atoms with E-state index < -0.39 is 5.82 Å². The maximum Gasteiger partial charge on any atom is 0.251 e. The van der Waals surface area contributed by atoms with Crippen molar-refractivity contribution in [2.24, 2.45) is 17.8 Å². The number of benzene rings is 1. The minimum absolute atomic E-state index is 0.175. The summed E-state index contributed by atoms with van der Waals surface area (Å²) in [4.78, 5) is 12.4. The van der Waals surface area contributed by atoms with E-state index in [1.165, 1.54) is 12.5 Å². The van der Waals surface area contributed by atoms with Crippen LogP contribution < -0.4 is 5.32 Å². The first-order chi connectivity index (χ1) is 9.88. The summed E-state index contributed by atoms with van der Waals surface area (Å²) in [6.07, 6.45) is 3.38. The summed E-state index contributed by atoms with van der Waals surface area (Å²) in [5.74, 6) is 1.10. The third-order valence-electron chi connectivity index (χ3n) is 4.52. The van der Waals surface area contributed by atoms with E-state index in [2.05, 4.69) is 42.0 Å². The molecule has 4 heteroatoms. The molecule has 1 aromatic carbocycles. The number of carbonyl (C=O) groups is 1. The highest BCUT2D eigenvalue weighted by molar-refractivity contribution is 9.10. The van der Waals surface area contributed by atoms with Crippen LogP contribution in [0.3, 0.4) is 0 Å². The maximum atomic E-state index is 13.6. The van der Waals surface area contributed by atoms with Gasteiger partial charge in [0.05, 0.1) is 4.47 Å². The molecule has 0 bridgehead atoms. The standard InChI is InChI=1S/C17H23BrFNO/c1-10(2)13-6-4-11(3)8-16(13)20-17(21)12-5-7-14(18)15(19)9-12/h5,7,9-11,13,16H,4,6,8H2,1-3H3,(H,20,21). The molecule has 0 spiro atoms. The number of carbonyl (C=O) groups excluding carboxylic acids is 1. The van der Waals surface area contributed by atoms with Gasteiger partial charge in [-0.05, 0) is 64.7 Å². The first kappa shape index (κ1) is 16.5. The molecule has 0 heterocycles. The van der Waals surface area contributed by atoms with Crippen molar-refractivity contribution in [3.05, 3.63) is 34.1 Å². The summed E-state index contributed by atoms with van der Waals surface area (Å²) >= 11 is 3.11. The van der Waals surface area contributed by atoms with Crippen molar-refractivity contribution in [2.45, 2.75) is 46.1 Å². The summed E-state index contributed by atoms with van der Waals surface area (Å²) in [5, 5.41) is 3.12. The van der Waals surface area contributed by atoms with Crippen molar-refractivity contribution < 1.29 is 9.18 Å². The van der Waals surface area contributed by atoms with Crippen molar-refractivity contribution in [3.8, 4) is 0 Å². The zero-order chi connectivity index (χ0) is 15.6. The van der Waals surface area contributed by atoms with Crippen LogP contribution >= 0.6 is 15.9 Å². The number of hydrogen-bond donors (Lipinski definition) is 1. The Balaban J connectivity index is 2.10. The first-order valence-corrected chi connectivity index (χ1v) is 8.43. The Morgan fingerprint density at radius 1 is 1.38 bits per heavy atom. The summed E-state index contributed by atoms with van der Waals surface area (Å²) in [5.41, 5.74) is 0.386. The van der Waals surface area contributed by atoms with Crippen LogP contribution in [0.4, 0.5) is 4.39 Å². The number of halogens is 2. The van der Waals surface area contributed by atoms with E-state index in [0.717, 1.165) is 12.8 Å². The fourth-order valence-electron chi connectivity index (χ4n) is 3.26. The number of amides is 1. The normalized spacial score (nSPS) is 25.9. The minimum atomic E-state index is -0.403. The van der Waals surface area contributed by atoms with Gasteiger partial charge in [-0.25, -0.2) is 4.39 Å². The van der Waals surface area contributed by atoms with Crippen LogP contribution in [-0.2, 0) is 0 Å². The van der Waals surface area contributed by atoms with Gasteiger partial charge in [0.1, 0.15) is 5.82 Å². The molecule has 2 rings (SSSR count). The van der Waals surface area contributed by atoms with Gasteiger partial charge in [0.15, 0.2) is 0 Å². The van der Waals surface area contributed by atoms with Gasteiger partial charge in [0, 0.05) is 11.6 Å². The quantitative estimate of drug-likeness (QED) is 0.830. The summed E-state index contributed by atoms with van der Waals surface area (Å²) in [6.45, 7) is 6.65. The molecule has 1 fully saturated rings. The van der Waals surface area contributed by atoms with Crippen LogP contribution in [0.15, 0.2) is 22.7 Å². The van der Waals surface area contributed by atoms with Crippen molar-refractivity contribution in [1.29, 1.82) is 0 Å². The average molecular weight is 356 g/mol. The van der Waals surface area contributed by atoms with Crippen LogP contribution in [-0.4, -0.2) is 11.9 Å². The largest absolute Gasteiger partial charge is 0.349 e. The molecule has 1 N–H and O–H groups in total. The molecular weight excluding hydrogens is 333 g/mol. The molecule has 0 saturated heterocycles. The molecule has 1 aliphatic carbocycles. The summed E-state index contributed by atoms with van der Waals surface area (Å²) in [7, 11) is 0. The Labute approximate surface area is 134 Å². The lowest BCUT2D eigenvalue weighted by Crippen LogP contribution is -2.45.